The first-order chi connectivity index (χ1) is 16.6. The molecule has 3 heterocycles. The molecule has 7 heteroatoms. The molecule has 0 aliphatic carbocycles. The van der Waals surface area contributed by atoms with Crippen molar-refractivity contribution < 1.29 is 14.2 Å². The van der Waals surface area contributed by atoms with E-state index < -0.39 is 6.17 Å². The maximum absolute atomic E-state index is 15.8. The van der Waals surface area contributed by atoms with E-state index >= 15 is 4.39 Å². The molecule has 1 saturated heterocycles. The number of nitrogens with two attached hydrogens (primary N) is 1. The van der Waals surface area contributed by atoms with Gasteiger partial charge in [0.2, 0.25) is 0 Å². The summed E-state index contributed by atoms with van der Waals surface area (Å²) in [5, 5.41) is 13.0. The Hall–Kier alpha value is -2.50. The zero-order valence-electron chi connectivity index (χ0n) is 19.6. The van der Waals surface area contributed by atoms with Gasteiger partial charge in [-0.25, -0.2) is 4.39 Å². The van der Waals surface area contributed by atoms with Gasteiger partial charge in [-0.1, -0.05) is 17.9 Å². The van der Waals surface area contributed by atoms with Crippen molar-refractivity contribution in [3.63, 3.8) is 0 Å². The number of aromatic nitrogens is 1. The van der Waals surface area contributed by atoms with Crippen molar-refractivity contribution in [2.75, 3.05) is 33.4 Å². The Kier molecular flexibility index (Phi) is 8.17. The van der Waals surface area contributed by atoms with Crippen LogP contribution in [-0.2, 0) is 6.54 Å². The van der Waals surface area contributed by atoms with Crippen LogP contribution < -0.4 is 10.5 Å². The largest absolute Gasteiger partial charge is 0.497 e. The molecule has 0 spiro atoms. The molecular formula is C27H32FN3O2S. The molecule has 1 aliphatic heterocycles. The maximum Gasteiger partial charge on any atom is 0.126 e. The average molecular weight is 482 g/mol. The summed E-state index contributed by atoms with van der Waals surface area (Å²) >= 11 is 1.65. The number of piperidine rings is 1. The Labute approximate surface area is 204 Å². The number of aliphatic hydroxyl groups is 1. The van der Waals surface area contributed by atoms with E-state index in [0.29, 0.717) is 29.7 Å². The lowest BCUT2D eigenvalue weighted by molar-refractivity contribution is 0.0344. The van der Waals surface area contributed by atoms with Crippen LogP contribution in [0.2, 0.25) is 0 Å². The monoisotopic (exact) mass is 481 g/mol. The fourth-order valence-electron chi connectivity index (χ4n) is 4.73. The number of ether oxygens (including phenoxy) is 1. The molecule has 1 atom stereocenters. The van der Waals surface area contributed by atoms with Crippen molar-refractivity contribution in [2.24, 2.45) is 11.1 Å². The third-order valence-corrected chi connectivity index (χ3v) is 7.73. The summed E-state index contributed by atoms with van der Waals surface area (Å²) in [4.78, 5) is 7.83. The highest BCUT2D eigenvalue weighted by Crippen LogP contribution is 2.41. The minimum absolute atomic E-state index is 0.0725. The number of methoxy groups -OCH3 is 1. The molecule has 0 saturated carbocycles. The van der Waals surface area contributed by atoms with Crippen molar-refractivity contribution >= 4 is 22.2 Å². The Morgan fingerprint density at radius 3 is 2.82 bits per heavy atom. The standard InChI is InChI=1S/C27H32FN3O2S/c1-33-21-6-7-25-23(16-21)26(20(17-29)18-30-25)24(28)8-9-27(19-32)10-13-31(14-11-27)12-2-4-22-5-3-15-34-22/h3,5-7,15-16,18,24,32H,8-14,17,19,29H2,1H3. The van der Waals surface area contributed by atoms with Gasteiger partial charge in [-0.05, 0) is 79.4 Å². The highest BCUT2D eigenvalue weighted by molar-refractivity contribution is 7.10. The Morgan fingerprint density at radius 1 is 1.32 bits per heavy atom. The first-order valence-corrected chi connectivity index (χ1v) is 12.6. The molecule has 4 rings (SSSR count). The number of alkyl halides is 1. The quantitative estimate of drug-likeness (QED) is 0.457. The fourth-order valence-corrected chi connectivity index (χ4v) is 5.32. The van der Waals surface area contributed by atoms with Crippen molar-refractivity contribution in [3.05, 3.63) is 57.9 Å². The second-order valence-electron chi connectivity index (χ2n) is 9.00. The van der Waals surface area contributed by atoms with E-state index in [9.17, 15) is 5.11 Å². The summed E-state index contributed by atoms with van der Waals surface area (Å²) in [6, 6.07) is 9.53. The molecule has 180 valence electrons. The molecule has 3 aromatic rings. The van der Waals surface area contributed by atoms with Crippen LogP contribution in [0.3, 0.4) is 0 Å². The summed E-state index contributed by atoms with van der Waals surface area (Å²) in [7, 11) is 1.60. The maximum atomic E-state index is 15.8. The minimum atomic E-state index is -1.19. The topological polar surface area (TPSA) is 71.6 Å². The lowest BCUT2D eigenvalue weighted by Crippen LogP contribution is -2.42. The summed E-state index contributed by atoms with van der Waals surface area (Å²) in [6.45, 7) is 2.74. The zero-order valence-corrected chi connectivity index (χ0v) is 20.4. The third-order valence-electron chi connectivity index (χ3n) is 6.95. The van der Waals surface area contributed by atoms with Gasteiger partial charge >= 0.3 is 0 Å². The summed E-state index contributed by atoms with van der Waals surface area (Å²) in [5.74, 6) is 7.12. The predicted molar refractivity (Wildman–Crippen MR) is 136 cm³/mol. The molecule has 2 aromatic heterocycles. The van der Waals surface area contributed by atoms with Gasteiger partial charge < -0.3 is 15.6 Å². The number of hydrogen-bond acceptors (Lipinski definition) is 6. The Morgan fingerprint density at radius 2 is 2.15 bits per heavy atom. The second kappa shape index (κ2) is 11.3. The molecule has 1 aromatic carbocycles. The number of thiophene rings is 1. The number of fused-ring (bicyclic) bond motifs is 1. The highest BCUT2D eigenvalue weighted by Gasteiger charge is 2.35. The van der Waals surface area contributed by atoms with Gasteiger partial charge in [0.05, 0.1) is 24.0 Å². The fraction of sp³-hybridized carbons (Fsp3) is 0.444. The smallest absolute Gasteiger partial charge is 0.126 e. The summed E-state index contributed by atoms with van der Waals surface area (Å²) < 4.78 is 21.1. The van der Waals surface area contributed by atoms with Crippen LogP contribution >= 0.6 is 11.3 Å². The van der Waals surface area contributed by atoms with E-state index in [2.05, 4.69) is 21.7 Å². The normalized spacial score (nSPS) is 16.7. The van der Waals surface area contributed by atoms with Gasteiger partial charge in [0.25, 0.3) is 0 Å². The molecule has 3 N–H and O–H groups in total. The number of aliphatic hydroxyl groups excluding tert-OH is 1. The number of halogens is 1. The van der Waals surface area contributed by atoms with Gasteiger partial charge in [0.15, 0.2) is 0 Å². The zero-order chi connectivity index (χ0) is 24.0. The lowest BCUT2D eigenvalue weighted by atomic mass is 9.74. The van der Waals surface area contributed by atoms with E-state index in [4.69, 9.17) is 10.5 Å². The minimum Gasteiger partial charge on any atom is -0.497 e. The number of rotatable bonds is 8. The van der Waals surface area contributed by atoms with Crippen LogP contribution in [0.15, 0.2) is 41.9 Å². The van der Waals surface area contributed by atoms with E-state index in [0.717, 1.165) is 48.3 Å². The van der Waals surface area contributed by atoms with E-state index in [1.54, 1.807) is 24.6 Å². The van der Waals surface area contributed by atoms with Crippen LogP contribution in [0.25, 0.3) is 10.9 Å². The first-order valence-electron chi connectivity index (χ1n) is 11.7. The SMILES string of the molecule is COc1ccc2ncc(CN)c(C(F)CCC3(CO)CCN(CC#Cc4cccs4)CC3)c2c1. The number of benzene rings is 1. The predicted octanol–water partition coefficient (Wildman–Crippen LogP) is 4.68. The Balaban J connectivity index is 1.42. The van der Waals surface area contributed by atoms with Crippen LogP contribution in [0.1, 0.15) is 47.9 Å². The van der Waals surface area contributed by atoms with Gasteiger partial charge in [0.1, 0.15) is 11.9 Å². The number of pyridine rings is 1. The molecular weight excluding hydrogens is 449 g/mol. The Bertz CT molecular complexity index is 1140. The molecule has 1 unspecified atom stereocenters. The molecule has 5 nitrogen and oxygen atoms in total. The molecule has 1 aliphatic rings. The van der Waals surface area contributed by atoms with Crippen molar-refractivity contribution in [2.45, 2.75) is 38.4 Å². The van der Waals surface area contributed by atoms with Crippen LogP contribution in [0.4, 0.5) is 4.39 Å². The van der Waals surface area contributed by atoms with Gasteiger partial charge in [-0.2, -0.15) is 0 Å². The van der Waals surface area contributed by atoms with Crippen LogP contribution in [-0.4, -0.2) is 48.3 Å². The number of hydrogen-bond donors (Lipinski definition) is 2. The van der Waals surface area contributed by atoms with Crippen LogP contribution in [0.5, 0.6) is 5.75 Å². The average Bonchev–Trinajstić information content (AvgIpc) is 3.40. The number of nitrogens with zero attached hydrogens (tertiary/aromatic N) is 2. The van der Waals surface area contributed by atoms with Crippen molar-refractivity contribution in [1.29, 1.82) is 0 Å². The molecule has 0 amide bonds. The summed E-state index contributed by atoms with van der Waals surface area (Å²) in [5.41, 5.74) is 7.71. The number of likely N-dealkylation sites (tertiary alicyclic amines) is 1. The van der Waals surface area contributed by atoms with Crippen molar-refractivity contribution in [3.8, 4) is 17.6 Å². The second-order valence-corrected chi connectivity index (χ2v) is 9.95. The third kappa shape index (κ3) is 5.59. The molecule has 0 bridgehead atoms. The lowest BCUT2D eigenvalue weighted by Gasteiger charge is -2.40. The van der Waals surface area contributed by atoms with Gasteiger partial charge in [-0.15, -0.1) is 11.3 Å². The van der Waals surface area contributed by atoms with Gasteiger partial charge in [0, 0.05) is 30.3 Å². The van der Waals surface area contributed by atoms with E-state index in [1.165, 1.54) is 0 Å². The molecule has 34 heavy (non-hydrogen) atoms. The van der Waals surface area contributed by atoms with E-state index in [-0.39, 0.29) is 18.6 Å². The van der Waals surface area contributed by atoms with Crippen molar-refractivity contribution in [1.82, 2.24) is 9.88 Å². The first kappa shape index (κ1) is 24.6. The highest BCUT2D eigenvalue weighted by atomic mass is 32.1. The van der Waals surface area contributed by atoms with Gasteiger partial charge in [-0.3, -0.25) is 9.88 Å². The molecule has 0 radical (unpaired) electrons. The van der Waals surface area contributed by atoms with Crippen LogP contribution in [0, 0.1) is 17.3 Å². The van der Waals surface area contributed by atoms with E-state index in [1.807, 2.05) is 35.7 Å². The summed E-state index contributed by atoms with van der Waals surface area (Å²) in [6.07, 6.45) is 3.12. The molecule has 1 fully saturated rings.